The van der Waals surface area contributed by atoms with Gasteiger partial charge in [-0.25, -0.2) is 4.79 Å². The number of nitro benzene ring substituents is 1. The van der Waals surface area contributed by atoms with E-state index in [4.69, 9.17) is 20.5 Å². The van der Waals surface area contributed by atoms with E-state index in [-0.39, 0.29) is 22.5 Å². The highest BCUT2D eigenvalue weighted by atomic mass is 16.6. The largest absolute Gasteiger partial charge is 0.454 e. The molecule has 0 atom stereocenters. The van der Waals surface area contributed by atoms with Gasteiger partial charge in [-0.1, -0.05) is 0 Å². The van der Waals surface area contributed by atoms with Crippen LogP contribution in [0.5, 0.6) is 0 Å². The average Bonchev–Trinajstić information content (AvgIpc) is 2.66. The Labute approximate surface area is 154 Å². The molecule has 0 saturated carbocycles. The van der Waals surface area contributed by atoms with Crippen LogP contribution < -0.4 is 10.6 Å². The lowest BCUT2D eigenvalue weighted by molar-refractivity contribution is -0.384. The maximum absolute atomic E-state index is 12.5. The van der Waals surface area contributed by atoms with Crippen LogP contribution in [0.4, 0.5) is 11.4 Å². The van der Waals surface area contributed by atoms with Crippen molar-refractivity contribution in [2.24, 2.45) is 5.73 Å². The molecule has 10 nitrogen and oxygen atoms in total. The van der Waals surface area contributed by atoms with E-state index in [2.05, 4.69) is 0 Å². The van der Waals surface area contributed by atoms with Gasteiger partial charge in [-0.2, -0.15) is 5.26 Å². The Morgan fingerprint density at radius 3 is 2.63 bits per heavy atom. The van der Waals surface area contributed by atoms with Gasteiger partial charge in [-0.3, -0.25) is 14.9 Å². The topological polar surface area (TPSA) is 149 Å². The van der Waals surface area contributed by atoms with Crippen molar-refractivity contribution in [3.8, 4) is 6.07 Å². The summed E-state index contributed by atoms with van der Waals surface area (Å²) in [4.78, 5) is 36.7. The molecule has 1 heterocycles. The smallest absolute Gasteiger partial charge is 0.340 e. The summed E-state index contributed by atoms with van der Waals surface area (Å²) in [6.07, 6.45) is 0. The number of anilines is 1. The van der Waals surface area contributed by atoms with Gasteiger partial charge in [0.05, 0.1) is 29.4 Å². The molecular formula is C17H18N4O6. The SMILES string of the molecule is C/C(N)=C(\C#N)C(=O)COC(=O)c1cc([N+](=O)[O-])ccc1N1CCOCC1. The fraction of sp³-hybridized carbons (Fsp3) is 0.353. The van der Waals surface area contributed by atoms with Crippen LogP contribution in [-0.4, -0.2) is 49.6 Å². The molecule has 0 aliphatic carbocycles. The van der Waals surface area contributed by atoms with E-state index in [0.29, 0.717) is 32.0 Å². The second-order valence-electron chi connectivity index (χ2n) is 5.73. The number of non-ortho nitro benzene ring substituents is 1. The summed E-state index contributed by atoms with van der Waals surface area (Å²) in [6, 6.07) is 5.52. The highest BCUT2D eigenvalue weighted by molar-refractivity contribution is 6.03. The number of ether oxygens (including phenoxy) is 2. The van der Waals surface area contributed by atoms with Gasteiger partial charge in [-0.05, 0) is 13.0 Å². The van der Waals surface area contributed by atoms with Crippen molar-refractivity contribution in [3.63, 3.8) is 0 Å². The van der Waals surface area contributed by atoms with Crippen LogP contribution in [0, 0.1) is 21.4 Å². The van der Waals surface area contributed by atoms with Gasteiger partial charge in [-0.15, -0.1) is 0 Å². The van der Waals surface area contributed by atoms with E-state index in [1.807, 2.05) is 4.90 Å². The minimum absolute atomic E-state index is 0.0166. The second-order valence-corrected chi connectivity index (χ2v) is 5.73. The molecule has 0 amide bonds. The summed E-state index contributed by atoms with van der Waals surface area (Å²) in [5.41, 5.74) is 5.30. The Bertz CT molecular complexity index is 832. The number of morpholine rings is 1. The van der Waals surface area contributed by atoms with Crippen LogP contribution in [0.15, 0.2) is 29.5 Å². The fourth-order valence-electron chi connectivity index (χ4n) is 2.53. The molecule has 1 aliphatic rings. The Morgan fingerprint density at radius 1 is 1.41 bits per heavy atom. The van der Waals surface area contributed by atoms with Crippen LogP contribution in [0.1, 0.15) is 17.3 Å². The Balaban J connectivity index is 2.26. The van der Waals surface area contributed by atoms with Gasteiger partial charge >= 0.3 is 5.97 Å². The van der Waals surface area contributed by atoms with E-state index in [9.17, 15) is 19.7 Å². The highest BCUT2D eigenvalue weighted by Gasteiger charge is 2.24. The van der Waals surface area contributed by atoms with Crippen molar-refractivity contribution in [2.45, 2.75) is 6.92 Å². The molecule has 142 valence electrons. The van der Waals surface area contributed by atoms with Crippen LogP contribution in [-0.2, 0) is 14.3 Å². The first kappa shape index (κ1) is 19.9. The lowest BCUT2D eigenvalue weighted by atomic mass is 10.1. The molecule has 1 aromatic rings. The first-order valence-corrected chi connectivity index (χ1v) is 8.03. The van der Waals surface area contributed by atoms with Gasteiger partial charge in [0.1, 0.15) is 11.6 Å². The van der Waals surface area contributed by atoms with Gasteiger partial charge in [0.2, 0.25) is 5.78 Å². The maximum atomic E-state index is 12.5. The molecule has 1 aromatic carbocycles. The van der Waals surface area contributed by atoms with E-state index >= 15 is 0 Å². The highest BCUT2D eigenvalue weighted by Crippen LogP contribution is 2.27. The third-order valence-corrected chi connectivity index (χ3v) is 3.88. The van der Waals surface area contributed by atoms with E-state index in [0.717, 1.165) is 6.07 Å². The molecule has 0 spiro atoms. The van der Waals surface area contributed by atoms with Crippen LogP contribution in [0.3, 0.4) is 0 Å². The zero-order chi connectivity index (χ0) is 20.0. The third kappa shape index (κ3) is 4.80. The fourth-order valence-corrected chi connectivity index (χ4v) is 2.53. The molecular weight excluding hydrogens is 356 g/mol. The van der Waals surface area contributed by atoms with Crippen LogP contribution in [0.25, 0.3) is 0 Å². The molecule has 1 aliphatic heterocycles. The maximum Gasteiger partial charge on any atom is 0.340 e. The lowest BCUT2D eigenvalue weighted by Crippen LogP contribution is -2.37. The number of esters is 1. The quantitative estimate of drug-likeness (QED) is 0.252. The zero-order valence-corrected chi connectivity index (χ0v) is 14.6. The van der Waals surface area contributed by atoms with Gasteiger partial charge in [0.15, 0.2) is 6.61 Å². The first-order chi connectivity index (χ1) is 12.8. The van der Waals surface area contributed by atoms with E-state index in [1.54, 1.807) is 6.07 Å². The molecule has 0 unspecified atom stereocenters. The predicted octanol–water partition coefficient (Wildman–Crippen LogP) is 0.914. The Hall–Kier alpha value is -3.45. The molecule has 0 radical (unpaired) electrons. The number of nitriles is 1. The minimum Gasteiger partial charge on any atom is -0.454 e. The number of carbonyl (C=O) groups excluding carboxylic acids is 2. The number of ketones is 1. The number of carbonyl (C=O) groups is 2. The van der Waals surface area contributed by atoms with Crippen LogP contribution >= 0.6 is 0 Å². The third-order valence-electron chi connectivity index (χ3n) is 3.88. The summed E-state index contributed by atoms with van der Waals surface area (Å²) in [7, 11) is 0. The minimum atomic E-state index is -0.902. The van der Waals surface area contributed by atoms with Crippen molar-refractivity contribution in [2.75, 3.05) is 37.8 Å². The number of benzene rings is 1. The number of allylic oxidation sites excluding steroid dienone is 1. The predicted molar refractivity (Wildman–Crippen MR) is 93.9 cm³/mol. The molecule has 27 heavy (non-hydrogen) atoms. The zero-order valence-electron chi connectivity index (χ0n) is 14.6. The molecule has 10 heteroatoms. The molecule has 1 saturated heterocycles. The number of nitro groups is 1. The summed E-state index contributed by atoms with van der Waals surface area (Å²) < 4.78 is 10.2. The Morgan fingerprint density at radius 2 is 2.07 bits per heavy atom. The number of Topliss-reactive ketones (excluding diaryl/α,β-unsaturated/α-hetero) is 1. The normalized spacial score (nSPS) is 14.7. The number of nitrogens with zero attached hydrogens (tertiary/aromatic N) is 3. The van der Waals surface area contributed by atoms with Gasteiger partial charge in [0, 0.05) is 30.9 Å². The molecule has 2 N–H and O–H groups in total. The summed E-state index contributed by atoms with van der Waals surface area (Å²) in [5.74, 6) is -1.65. The standard InChI is InChI=1S/C17H18N4O6/c1-11(19)14(9-18)16(22)10-27-17(23)13-8-12(21(24)25)2-3-15(13)20-4-6-26-7-5-20/h2-3,8H,4-7,10,19H2,1H3/b14-11-. The first-order valence-electron chi connectivity index (χ1n) is 8.03. The number of rotatable bonds is 6. The number of hydrogen-bond donors (Lipinski definition) is 1. The summed E-state index contributed by atoms with van der Waals surface area (Å²) in [5, 5.41) is 20.0. The summed E-state index contributed by atoms with van der Waals surface area (Å²) in [6.45, 7) is 2.61. The van der Waals surface area contributed by atoms with Gasteiger partial charge in [0.25, 0.3) is 5.69 Å². The van der Waals surface area contributed by atoms with Crippen molar-refractivity contribution in [3.05, 3.63) is 45.1 Å². The van der Waals surface area contributed by atoms with E-state index in [1.165, 1.54) is 19.1 Å². The molecule has 0 bridgehead atoms. The van der Waals surface area contributed by atoms with E-state index < -0.39 is 23.3 Å². The average molecular weight is 374 g/mol. The van der Waals surface area contributed by atoms with Gasteiger partial charge < -0.3 is 20.1 Å². The number of nitrogens with two attached hydrogens (primary N) is 1. The molecule has 2 rings (SSSR count). The Kier molecular flexibility index (Phi) is 6.46. The lowest BCUT2D eigenvalue weighted by Gasteiger charge is -2.30. The monoisotopic (exact) mass is 374 g/mol. The van der Waals surface area contributed by atoms with Crippen molar-refractivity contribution >= 4 is 23.1 Å². The van der Waals surface area contributed by atoms with Crippen molar-refractivity contribution < 1.29 is 24.0 Å². The second kappa shape index (κ2) is 8.77. The molecule has 0 aromatic heterocycles. The van der Waals surface area contributed by atoms with Crippen molar-refractivity contribution in [1.82, 2.24) is 0 Å². The van der Waals surface area contributed by atoms with Crippen LogP contribution in [0.2, 0.25) is 0 Å². The van der Waals surface area contributed by atoms with Crippen molar-refractivity contribution in [1.29, 1.82) is 5.26 Å². The summed E-state index contributed by atoms with van der Waals surface area (Å²) >= 11 is 0. The number of hydrogen-bond acceptors (Lipinski definition) is 9. The molecule has 1 fully saturated rings.